The van der Waals surface area contributed by atoms with E-state index in [0.717, 1.165) is 31.0 Å². The quantitative estimate of drug-likeness (QED) is 0.636. The van der Waals surface area contributed by atoms with Gasteiger partial charge in [-0.05, 0) is 70.8 Å². The van der Waals surface area contributed by atoms with Gasteiger partial charge in [0.25, 0.3) is 5.91 Å². The van der Waals surface area contributed by atoms with Crippen molar-refractivity contribution < 1.29 is 14.3 Å². The Kier molecular flexibility index (Phi) is 6.92. The van der Waals surface area contributed by atoms with E-state index in [0.29, 0.717) is 24.7 Å². The summed E-state index contributed by atoms with van der Waals surface area (Å²) in [4.78, 5) is 17.2. The number of hydrogen-bond donors (Lipinski definition) is 0. The fourth-order valence-electron chi connectivity index (χ4n) is 4.58. The predicted octanol–water partition coefficient (Wildman–Crippen LogP) is 3.37. The zero-order chi connectivity index (χ0) is 21.8. The van der Waals surface area contributed by atoms with Gasteiger partial charge in [0.05, 0.1) is 36.3 Å². The van der Waals surface area contributed by atoms with Gasteiger partial charge in [-0.1, -0.05) is 0 Å². The summed E-state index contributed by atoms with van der Waals surface area (Å²) in [5, 5.41) is 4.39. The minimum absolute atomic E-state index is 0.000485. The second kappa shape index (κ2) is 9.83. The van der Waals surface area contributed by atoms with Crippen molar-refractivity contribution >= 4 is 5.91 Å². The van der Waals surface area contributed by atoms with Gasteiger partial charge in [0, 0.05) is 31.9 Å². The number of ether oxygens (including phenoxy) is 2. The van der Waals surface area contributed by atoms with Crippen molar-refractivity contribution in [2.45, 2.75) is 58.3 Å². The third kappa shape index (κ3) is 5.46. The molecule has 7 heteroatoms. The van der Waals surface area contributed by atoms with Crippen LogP contribution in [-0.4, -0.2) is 76.5 Å². The average molecular weight is 427 g/mol. The van der Waals surface area contributed by atoms with E-state index >= 15 is 0 Å². The molecule has 0 N–H and O–H groups in total. The molecular weight excluding hydrogens is 392 g/mol. The lowest BCUT2D eigenvalue weighted by molar-refractivity contribution is -0.0586. The smallest absolute Gasteiger partial charge is 0.257 e. The number of benzene rings is 1. The summed E-state index contributed by atoms with van der Waals surface area (Å²) in [6.07, 6.45) is 7.19. The van der Waals surface area contributed by atoms with Crippen LogP contribution in [0.3, 0.4) is 0 Å². The Labute approximate surface area is 184 Å². The molecule has 0 unspecified atom stereocenters. The van der Waals surface area contributed by atoms with Gasteiger partial charge in [0.1, 0.15) is 5.75 Å². The van der Waals surface area contributed by atoms with Crippen LogP contribution in [0.1, 0.15) is 50.4 Å². The van der Waals surface area contributed by atoms with Crippen LogP contribution >= 0.6 is 0 Å². The molecule has 2 aliphatic rings. The largest absolute Gasteiger partial charge is 0.494 e. The molecule has 31 heavy (non-hydrogen) atoms. The van der Waals surface area contributed by atoms with Gasteiger partial charge in [-0.3, -0.25) is 4.79 Å². The van der Waals surface area contributed by atoms with Gasteiger partial charge in [-0.25, -0.2) is 4.68 Å². The molecule has 0 saturated carbocycles. The fraction of sp³-hybridized carbons (Fsp3) is 0.583. The minimum Gasteiger partial charge on any atom is -0.494 e. The third-order valence-corrected chi connectivity index (χ3v) is 6.19. The topological polar surface area (TPSA) is 59.8 Å². The van der Waals surface area contributed by atoms with Crippen LogP contribution in [0.2, 0.25) is 0 Å². The highest BCUT2D eigenvalue weighted by molar-refractivity contribution is 5.94. The molecule has 2 fully saturated rings. The number of carbonyl (C=O) groups excluding carboxylic acids is 1. The van der Waals surface area contributed by atoms with E-state index in [1.165, 1.54) is 19.4 Å². The first-order chi connectivity index (χ1) is 15.0. The molecule has 2 aromatic rings. The van der Waals surface area contributed by atoms with Crippen LogP contribution in [0.15, 0.2) is 36.7 Å². The van der Waals surface area contributed by atoms with E-state index in [1.54, 1.807) is 17.1 Å². The molecule has 0 spiro atoms. The molecule has 4 rings (SSSR count). The first kappa shape index (κ1) is 21.8. The maximum Gasteiger partial charge on any atom is 0.257 e. The van der Waals surface area contributed by atoms with Gasteiger partial charge in [0.15, 0.2) is 0 Å². The monoisotopic (exact) mass is 426 g/mol. The molecular formula is C24H34N4O3. The summed E-state index contributed by atoms with van der Waals surface area (Å²) in [6, 6.07) is 8.57. The number of carbonyl (C=O) groups is 1. The molecule has 3 heterocycles. The van der Waals surface area contributed by atoms with E-state index in [9.17, 15) is 4.79 Å². The number of amides is 1. The number of aromatic nitrogens is 2. The lowest BCUT2D eigenvalue weighted by Crippen LogP contribution is -2.48. The van der Waals surface area contributed by atoms with Crippen LogP contribution in [0.5, 0.6) is 5.75 Å². The molecule has 0 radical (unpaired) electrons. The fourth-order valence-corrected chi connectivity index (χ4v) is 4.58. The number of likely N-dealkylation sites (tertiary alicyclic amines) is 1. The highest BCUT2D eigenvalue weighted by Gasteiger charge is 2.27. The van der Waals surface area contributed by atoms with Crippen LogP contribution in [0.25, 0.3) is 5.69 Å². The minimum atomic E-state index is 0.000485. The van der Waals surface area contributed by atoms with Crippen molar-refractivity contribution in [3.8, 4) is 11.4 Å². The zero-order valence-electron chi connectivity index (χ0n) is 18.9. The van der Waals surface area contributed by atoms with Crippen molar-refractivity contribution in [2.75, 3.05) is 32.8 Å². The molecule has 1 amide bonds. The first-order valence-corrected chi connectivity index (χ1v) is 11.5. The second-order valence-electron chi connectivity index (χ2n) is 8.86. The van der Waals surface area contributed by atoms with Gasteiger partial charge < -0.3 is 19.3 Å². The zero-order valence-corrected chi connectivity index (χ0v) is 18.9. The number of morpholine rings is 1. The number of hydrogen-bond acceptors (Lipinski definition) is 5. The normalized spacial score (nSPS) is 24.5. The van der Waals surface area contributed by atoms with Crippen molar-refractivity contribution in [1.29, 1.82) is 0 Å². The van der Waals surface area contributed by atoms with Gasteiger partial charge in [-0.15, -0.1) is 0 Å². The standard InChI is InChI=1S/C24H34N4O3/c1-18-6-4-11-26(18)12-5-13-30-23-9-7-22(8-10-23)28-17-21(14-25-28)24(29)27-15-19(2)31-20(3)16-27/h7-10,14,17-20H,4-6,11-13,15-16H2,1-3H3/t18-,19-,20+/m1/s1. The molecule has 2 aliphatic heterocycles. The molecule has 2 saturated heterocycles. The lowest BCUT2D eigenvalue weighted by Gasteiger charge is -2.35. The van der Waals surface area contributed by atoms with Gasteiger partial charge >= 0.3 is 0 Å². The Morgan fingerprint density at radius 1 is 1.16 bits per heavy atom. The van der Waals surface area contributed by atoms with E-state index in [4.69, 9.17) is 9.47 Å². The highest BCUT2D eigenvalue weighted by Crippen LogP contribution is 2.19. The Balaban J connectivity index is 1.29. The Hall–Kier alpha value is -2.38. The highest BCUT2D eigenvalue weighted by atomic mass is 16.5. The maximum atomic E-state index is 12.8. The van der Waals surface area contributed by atoms with Crippen molar-refractivity contribution in [2.24, 2.45) is 0 Å². The molecule has 1 aromatic heterocycles. The molecule has 7 nitrogen and oxygen atoms in total. The Bertz CT molecular complexity index is 856. The van der Waals surface area contributed by atoms with Crippen LogP contribution < -0.4 is 4.74 Å². The third-order valence-electron chi connectivity index (χ3n) is 6.19. The SMILES string of the molecule is C[C@@H]1CN(C(=O)c2cnn(-c3ccc(OCCCN4CCC[C@H]4C)cc3)c2)C[C@H](C)O1. The van der Waals surface area contributed by atoms with E-state index in [-0.39, 0.29) is 18.1 Å². The van der Waals surface area contributed by atoms with Crippen LogP contribution in [0.4, 0.5) is 0 Å². The Morgan fingerprint density at radius 2 is 1.90 bits per heavy atom. The van der Waals surface area contributed by atoms with Crippen molar-refractivity contribution in [3.63, 3.8) is 0 Å². The van der Waals surface area contributed by atoms with Crippen LogP contribution in [-0.2, 0) is 4.74 Å². The molecule has 1 aromatic carbocycles. The van der Waals surface area contributed by atoms with Gasteiger partial charge in [0.2, 0.25) is 0 Å². The molecule has 3 atom stereocenters. The summed E-state index contributed by atoms with van der Waals surface area (Å²) in [7, 11) is 0. The second-order valence-corrected chi connectivity index (χ2v) is 8.86. The van der Waals surface area contributed by atoms with E-state index in [2.05, 4.69) is 16.9 Å². The van der Waals surface area contributed by atoms with E-state index < -0.39 is 0 Å². The Morgan fingerprint density at radius 3 is 2.58 bits per heavy atom. The predicted molar refractivity (Wildman–Crippen MR) is 120 cm³/mol. The summed E-state index contributed by atoms with van der Waals surface area (Å²) < 4.78 is 13.4. The summed E-state index contributed by atoms with van der Waals surface area (Å²) in [5.41, 5.74) is 1.50. The maximum absolute atomic E-state index is 12.8. The molecule has 0 aliphatic carbocycles. The average Bonchev–Trinajstić information content (AvgIpc) is 3.40. The van der Waals surface area contributed by atoms with Crippen molar-refractivity contribution in [3.05, 3.63) is 42.2 Å². The summed E-state index contributed by atoms with van der Waals surface area (Å²) in [5.74, 6) is 0.860. The van der Waals surface area contributed by atoms with Crippen molar-refractivity contribution in [1.82, 2.24) is 19.6 Å². The summed E-state index contributed by atoms with van der Waals surface area (Å²) >= 11 is 0. The summed E-state index contributed by atoms with van der Waals surface area (Å²) in [6.45, 7) is 10.6. The lowest BCUT2D eigenvalue weighted by atomic mass is 10.2. The number of rotatable bonds is 7. The van der Waals surface area contributed by atoms with E-state index in [1.807, 2.05) is 43.0 Å². The van der Waals surface area contributed by atoms with Gasteiger partial charge in [-0.2, -0.15) is 5.10 Å². The number of nitrogens with zero attached hydrogens (tertiary/aromatic N) is 4. The molecule has 0 bridgehead atoms. The first-order valence-electron chi connectivity index (χ1n) is 11.5. The van der Waals surface area contributed by atoms with Crippen LogP contribution in [0, 0.1) is 0 Å². The molecule has 168 valence electrons.